The molecule has 2 N–H and O–H groups in total. The van der Waals surface area contributed by atoms with Gasteiger partial charge in [0.15, 0.2) is 11.5 Å². The van der Waals surface area contributed by atoms with Crippen molar-refractivity contribution in [3.63, 3.8) is 0 Å². The average Bonchev–Trinajstić information content (AvgIpc) is 3.16. The highest BCUT2D eigenvalue weighted by atomic mass is 16.7. The van der Waals surface area contributed by atoms with E-state index in [2.05, 4.69) is 15.3 Å². The number of H-pyrrole nitrogens is 1. The topological polar surface area (TPSA) is 106 Å². The third-order valence-electron chi connectivity index (χ3n) is 3.79. The van der Waals surface area contributed by atoms with Crippen LogP contribution >= 0.6 is 0 Å². The van der Waals surface area contributed by atoms with Crippen LogP contribution in [0.4, 0.5) is 0 Å². The Morgan fingerprint density at radius 3 is 3.04 bits per heavy atom. The highest BCUT2D eigenvalue weighted by molar-refractivity contribution is 6.06. The molecule has 24 heavy (non-hydrogen) atoms. The Balaban J connectivity index is 1.59. The fourth-order valence-electron chi connectivity index (χ4n) is 2.65. The molecule has 8 heteroatoms. The van der Waals surface area contributed by atoms with Gasteiger partial charge in [0.1, 0.15) is 11.1 Å². The fraction of sp³-hybridized carbons (Fsp3) is 0.188. The van der Waals surface area contributed by atoms with Crippen LogP contribution in [-0.2, 0) is 6.54 Å². The van der Waals surface area contributed by atoms with Gasteiger partial charge in [0.25, 0.3) is 11.5 Å². The molecule has 3 heterocycles. The Kier molecular flexibility index (Phi) is 3.23. The Morgan fingerprint density at radius 1 is 1.33 bits per heavy atom. The number of aromatic nitrogens is 2. The van der Waals surface area contributed by atoms with E-state index in [1.807, 2.05) is 6.07 Å². The SMILES string of the molecule is Cc1oc2nc[nH]c(=O)c2c1C(=O)NCc1ccc2c(c1)OCO2. The highest BCUT2D eigenvalue weighted by Gasteiger charge is 2.21. The number of hydrogen-bond donors (Lipinski definition) is 2. The van der Waals surface area contributed by atoms with E-state index in [0.717, 1.165) is 5.56 Å². The molecule has 0 unspecified atom stereocenters. The van der Waals surface area contributed by atoms with Crippen molar-refractivity contribution < 1.29 is 18.7 Å². The van der Waals surface area contributed by atoms with Crippen LogP contribution in [0.2, 0.25) is 0 Å². The van der Waals surface area contributed by atoms with Crippen LogP contribution in [0.3, 0.4) is 0 Å². The van der Waals surface area contributed by atoms with Crippen LogP contribution in [0.25, 0.3) is 11.1 Å². The average molecular weight is 327 g/mol. The molecule has 1 aliphatic heterocycles. The van der Waals surface area contributed by atoms with Gasteiger partial charge in [-0.25, -0.2) is 4.98 Å². The number of aromatic amines is 1. The van der Waals surface area contributed by atoms with Crippen molar-refractivity contribution in [1.82, 2.24) is 15.3 Å². The summed E-state index contributed by atoms with van der Waals surface area (Å²) in [4.78, 5) is 30.8. The number of aryl methyl sites for hydroxylation is 1. The monoisotopic (exact) mass is 327 g/mol. The normalized spacial score (nSPS) is 12.5. The largest absolute Gasteiger partial charge is 0.454 e. The summed E-state index contributed by atoms with van der Waals surface area (Å²) >= 11 is 0. The Labute approximate surface area is 135 Å². The van der Waals surface area contributed by atoms with Gasteiger partial charge in [-0.05, 0) is 24.6 Å². The lowest BCUT2D eigenvalue weighted by Crippen LogP contribution is -2.24. The minimum Gasteiger partial charge on any atom is -0.454 e. The first kappa shape index (κ1) is 14.3. The van der Waals surface area contributed by atoms with Gasteiger partial charge in [0.2, 0.25) is 12.5 Å². The van der Waals surface area contributed by atoms with Crippen molar-refractivity contribution in [1.29, 1.82) is 0 Å². The zero-order chi connectivity index (χ0) is 16.7. The molecule has 1 amide bonds. The molecular weight excluding hydrogens is 314 g/mol. The molecular formula is C16H13N3O5. The van der Waals surface area contributed by atoms with Crippen molar-refractivity contribution in [2.24, 2.45) is 0 Å². The van der Waals surface area contributed by atoms with E-state index in [9.17, 15) is 9.59 Å². The first-order chi connectivity index (χ1) is 11.6. The lowest BCUT2D eigenvalue weighted by Gasteiger charge is -2.06. The lowest BCUT2D eigenvalue weighted by atomic mass is 10.1. The van der Waals surface area contributed by atoms with Crippen LogP contribution < -0.4 is 20.3 Å². The molecule has 0 atom stereocenters. The summed E-state index contributed by atoms with van der Waals surface area (Å²) in [6, 6.07) is 5.43. The number of fused-ring (bicyclic) bond motifs is 2. The summed E-state index contributed by atoms with van der Waals surface area (Å²) in [5, 5.41) is 2.93. The van der Waals surface area contributed by atoms with Crippen LogP contribution in [0.15, 0.2) is 33.7 Å². The summed E-state index contributed by atoms with van der Waals surface area (Å²) in [5.41, 5.74) is 0.778. The number of nitrogens with one attached hydrogen (secondary N) is 2. The smallest absolute Gasteiger partial charge is 0.262 e. The Hall–Kier alpha value is -3.29. The molecule has 0 saturated heterocycles. The summed E-state index contributed by atoms with van der Waals surface area (Å²) in [6.07, 6.45) is 1.24. The predicted molar refractivity (Wildman–Crippen MR) is 83.1 cm³/mol. The molecule has 4 rings (SSSR count). The second-order valence-corrected chi connectivity index (χ2v) is 5.32. The number of benzene rings is 1. The molecule has 1 aliphatic rings. The quantitative estimate of drug-likeness (QED) is 0.755. The number of nitrogens with zero attached hydrogens (tertiary/aromatic N) is 1. The second kappa shape index (κ2) is 5.41. The first-order valence-corrected chi connectivity index (χ1v) is 7.27. The summed E-state index contributed by atoms with van der Waals surface area (Å²) in [7, 11) is 0. The Morgan fingerprint density at radius 2 is 2.17 bits per heavy atom. The van der Waals surface area contributed by atoms with Gasteiger partial charge in [-0.3, -0.25) is 9.59 Å². The molecule has 2 aromatic heterocycles. The minimum atomic E-state index is -0.412. The van der Waals surface area contributed by atoms with Crippen LogP contribution in [-0.4, -0.2) is 22.7 Å². The van der Waals surface area contributed by atoms with Crippen molar-refractivity contribution in [2.75, 3.05) is 6.79 Å². The predicted octanol–water partition coefficient (Wildman–Crippen LogP) is 1.48. The number of amides is 1. The minimum absolute atomic E-state index is 0.143. The molecule has 1 aromatic carbocycles. The maximum Gasteiger partial charge on any atom is 0.262 e. The molecule has 122 valence electrons. The van der Waals surface area contributed by atoms with E-state index in [1.54, 1.807) is 19.1 Å². The zero-order valence-electron chi connectivity index (χ0n) is 12.7. The molecule has 0 spiro atoms. The molecule has 0 aliphatic carbocycles. The van der Waals surface area contributed by atoms with Gasteiger partial charge < -0.3 is 24.2 Å². The van der Waals surface area contributed by atoms with E-state index >= 15 is 0 Å². The van der Waals surface area contributed by atoms with Crippen molar-refractivity contribution >= 4 is 17.0 Å². The van der Waals surface area contributed by atoms with Gasteiger partial charge in [-0.15, -0.1) is 0 Å². The van der Waals surface area contributed by atoms with Crippen molar-refractivity contribution in [3.05, 3.63) is 51.8 Å². The summed E-state index contributed by atoms with van der Waals surface area (Å²) in [6.45, 7) is 2.09. The van der Waals surface area contributed by atoms with E-state index < -0.39 is 11.5 Å². The van der Waals surface area contributed by atoms with Crippen LogP contribution in [0.5, 0.6) is 11.5 Å². The summed E-state index contributed by atoms with van der Waals surface area (Å²) in [5.74, 6) is 1.27. The van der Waals surface area contributed by atoms with Gasteiger partial charge in [-0.2, -0.15) is 0 Å². The van der Waals surface area contributed by atoms with Crippen LogP contribution in [0, 0.1) is 6.92 Å². The zero-order valence-corrected chi connectivity index (χ0v) is 12.7. The van der Waals surface area contributed by atoms with E-state index in [4.69, 9.17) is 13.9 Å². The number of hydrogen-bond acceptors (Lipinski definition) is 6. The number of furan rings is 1. The Bertz CT molecular complexity index is 1000. The number of carbonyl (C=O) groups is 1. The van der Waals surface area contributed by atoms with Gasteiger partial charge in [0.05, 0.1) is 11.9 Å². The third-order valence-corrected chi connectivity index (χ3v) is 3.79. The maximum atomic E-state index is 12.5. The molecule has 0 saturated carbocycles. The van der Waals surface area contributed by atoms with Gasteiger partial charge >= 0.3 is 0 Å². The fourth-order valence-corrected chi connectivity index (χ4v) is 2.65. The second-order valence-electron chi connectivity index (χ2n) is 5.32. The van der Waals surface area contributed by atoms with E-state index in [1.165, 1.54) is 6.33 Å². The van der Waals surface area contributed by atoms with Crippen molar-refractivity contribution in [2.45, 2.75) is 13.5 Å². The van der Waals surface area contributed by atoms with Gasteiger partial charge in [-0.1, -0.05) is 6.07 Å². The molecule has 8 nitrogen and oxygen atoms in total. The number of carbonyl (C=O) groups excluding carboxylic acids is 1. The number of rotatable bonds is 3. The maximum absolute atomic E-state index is 12.5. The van der Waals surface area contributed by atoms with E-state index in [-0.39, 0.29) is 30.0 Å². The highest BCUT2D eigenvalue weighted by Crippen LogP contribution is 2.32. The summed E-state index contributed by atoms with van der Waals surface area (Å²) < 4.78 is 15.9. The van der Waals surface area contributed by atoms with Crippen molar-refractivity contribution in [3.8, 4) is 11.5 Å². The lowest BCUT2D eigenvalue weighted by molar-refractivity contribution is 0.0950. The molecule has 3 aromatic rings. The van der Waals surface area contributed by atoms with Gasteiger partial charge in [0, 0.05) is 6.54 Å². The standard InChI is InChI=1S/C16H13N3O5/c1-8-12(13-15(21)18-6-19-16(13)24-8)14(20)17-5-9-2-3-10-11(4-9)23-7-22-10/h2-4,6H,5,7H2,1H3,(H,17,20)(H,18,19,21). The third kappa shape index (κ3) is 2.28. The molecule has 0 fully saturated rings. The first-order valence-electron chi connectivity index (χ1n) is 7.27. The van der Waals surface area contributed by atoms with Crippen LogP contribution in [0.1, 0.15) is 21.7 Å². The molecule has 0 radical (unpaired) electrons. The van der Waals surface area contributed by atoms with E-state index in [0.29, 0.717) is 17.3 Å². The molecule has 0 bridgehead atoms. The number of ether oxygens (including phenoxy) is 2.